The minimum atomic E-state index is -0.473. The number of hydrogen-bond acceptors (Lipinski definition) is 4. The fourth-order valence-electron chi connectivity index (χ4n) is 1.91. The summed E-state index contributed by atoms with van der Waals surface area (Å²) in [5.41, 5.74) is 2.33. The molecule has 104 valence electrons. The van der Waals surface area contributed by atoms with Crippen molar-refractivity contribution in [2.24, 2.45) is 0 Å². The van der Waals surface area contributed by atoms with Crippen LogP contribution < -0.4 is 5.32 Å². The summed E-state index contributed by atoms with van der Waals surface area (Å²) in [6.07, 6.45) is 0.762. The zero-order valence-corrected chi connectivity index (χ0v) is 11.7. The summed E-state index contributed by atoms with van der Waals surface area (Å²) < 4.78 is 0. The van der Waals surface area contributed by atoms with Crippen LogP contribution in [0, 0.1) is 17.0 Å². The number of anilines is 1. The zero-order chi connectivity index (χ0) is 14.5. The molecule has 0 spiro atoms. The Hall–Kier alpha value is -2.14. The van der Waals surface area contributed by atoms with Gasteiger partial charge in [-0.1, -0.05) is 35.9 Å². The van der Waals surface area contributed by atoms with Gasteiger partial charge in [-0.2, -0.15) is 0 Å². The highest BCUT2D eigenvalue weighted by Crippen LogP contribution is 2.23. The molecule has 1 aromatic heterocycles. The van der Waals surface area contributed by atoms with E-state index >= 15 is 0 Å². The summed E-state index contributed by atoms with van der Waals surface area (Å²) in [7, 11) is 0. The summed E-state index contributed by atoms with van der Waals surface area (Å²) >= 11 is 5.77. The molecule has 0 saturated carbocycles. The van der Waals surface area contributed by atoms with Gasteiger partial charge in [0.1, 0.15) is 5.15 Å². The largest absolute Gasteiger partial charge is 0.364 e. The Morgan fingerprint density at radius 3 is 2.75 bits per heavy atom. The molecule has 0 unspecified atom stereocenters. The molecular formula is C14H14ClN3O2. The molecule has 20 heavy (non-hydrogen) atoms. The molecule has 2 aromatic rings. The molecule has 1 N–H and O–H groups in total. The van der Waals surface area contributed by atoms with Crippen LogP contribution >= 0.6 is 11.6 Å². The van der Waals surface area contributed by atoms with Gasteiger partial charge < -0.3 is 5.32 Å². The van der Waals surface area contributed by atoms with Crippen molar-refractivity contribution in [3.05, 3.63) is 62.8 Å². The number of aromatic nitrogens is 1. The topological polar surface area (TPSA) is 68.1 Å². The molecule has 1 aromatic carbocycles. The van der Waals surface area contributed by atoms with E-state index in [2.05, 4.69) is 10.3 Å². The summed E-state index contributed by atoms with van der Waals surface area (Å²) in [4.78, 5) is 14.4. The Kier molecular flexibility index (Phi) is 4.53. The molecule has 0 atom stereocenters. The second kappa shape index (κ2) is 6.34. The molecule has 0 aliphatic rings. The first-order valence-corrected chi connectivity index (χ1v) is 6.55. The fourth-order valence-corrected chi connectivity index (χ4v) is 2.06. The van der Waals surface area contributed by atoms with E-state index in [4.69, 9.17) is 11.6 Å². The first-order chi connectivity index (χ1) is 9.58. The summed E-state index contributed by atoms with van der Waals surface area (Å²) in [5.74, 6) is 0.205. The number of aryl methyl sites for hydroxylation is 1. The maximum atomic E-state index is 10.9. The van der Waals surface area contributed by atoms with E-state index in [-0.39, 0.29) is 16.7 Å². The Balaban J connectivity index is 2.06. The van der Waals surface area contributed by atoms with Crippen molar-refractivity contribution < 1.29 is 4.92 Å². The lowest BCUT2D eigenvalue weighted by Crippen LogP contribution is -2.09. The van der Waals surface area contributed by atoms with Gasteiger partial charge in [0, 0.05) is 12.6 Å². The Morgan fingerprint density at radius 2 is 2.05 bits per heavy atom. The average Bonchev–Trinajstić information content (AvgIpc) is 2.41. The fraction of sp³-hybridized carbons (Fsp3) is 0.214. The number of halogens is 1. The highest BCUT2D eigenvalue weighted by molar-refractivity contribution is 6.29. The number of nitrogens with one attached hydrogen (secondary N) is 1. The maximum absolute atomic E-state index is 10.9. The standard InChI is InChI=1S/C14H14ClN3O2/c1-10-4-2-3-5-11(10)8-9-16-14-12(18(19)20)6-7-13(15)17-14/h2-7H,8-9H2,1H3,(H,16,17). The Bertz CT molecular complexity index is 632. The van der Waals surface area contributed by atoms with Crippen molar-refractivity contribution in [2.75, 3.05) is 11.9 Å². The summed E-state index contributed by atoms with van der Waals surface area (Å²) in [6, 6.07) is 10.8. The smallest absolute Gasteiger partial charge is 0.311 e. The van der Waals surface area contributed by atoms with Crippen molar-refractivity contribution >= 4 is 23.1 Å². The van der Waals surface area contributed by atoms with E-state index < -0.39 is 4.92 Å². The van der Waals surface area contributed by atoms with E-state index in [1.54, 1.807) is 0 Å². The molecule has 0 aliphatic heterocycles. The van der Waals surface area contributed by atoms with Crippen LogP contribution in [0.15, 0.2) is 36.4 Å². The number of pyridine rings is 1. The van der Waals surface area contributed by atoms with Gasteiger partial charge in [0.25, 0.3) is 0 Å². The minimum Gasteiger partial charge on any atom is -0.364 e. The summed E-state index contributed by atoms with van der Waals surface area (Å²) in [6.45, 7) is 2.59. The number of hydrogen-bond donors (Lipinski definition) is 1. The van der Waals surface area contributed by atoms with E-state index in [0.29, 0.717) is 6.54 Å². The predicted molar refractivity (Wildman–Crippen MR) is 79.3 cm³/mol. The lowest BCUT2D eigenvalue weighted by Gasteiger charge is -2.08. The normalized spacial score (nSPS) is 10.3. The van der Waals surface area contributed by atoms with Crippen LogP contribution in [-0.4, -0.2) is 16.5 Å². The van der Waals surface area contributed by atoms with Crippen molar-refractivity contribution in [1.29, 1.82) is 0 Å². The van der Waals surface area contributed by atoms with Crippen molar-refractivity contribution in [3.63, 3.8) is 0 Å². The monoisotopic (exact) mass is 291 g/mol. The van der Waals surface area contributed by atoms with Crippen molar-refractivity contribution in [1.82, 2.24) is 4.98 Å². The van der Waals surface area contributed by atoms with E-state index in [1.807, 2.05) is 31.2 Å². The predicted octanol–water partition coefficient (Wildman–Crippen LogP) is 3.61. The first-order valence-electron chi connectivity index (χ1n) is 6.17. The minimum absolute atomic E-state index is 0.0702. The molecule has 0 fully saturated rings. The lowest BCUT2D eigenvalue weighted by molar-refractivity contribution is -0.384. The third-order valence-electron chi connectivity index (χ3n) is 2.98. The quantitative estimate of drug-likeness (QED) is 0.519. The molecule has 6 heteroatoms. The van der Waals surface area contributed by atoms with Gasteiger partial charge in [-0.05, 0) is 30.5 Å². The van der Waals surface area contributed by atoms with Crippen LogP contribution in [0.25, 0.3) is 0 Å². The molecule has 0 bridgehead atoms. The van der Waals surface area contributed by atoms with E-state index in [1.165, 1.54) is 23.3 Å². The molecular weight excluding hydrogens is 278 g/mol. The van der Waals surface area contributed by atoms with Crippen LogP contribution in [-0.2, 0) is 6.42 Å². The number of nitrogens with zero attached hydrogens (tertiary/aromatic N) is 2. The number of rotatable bonds is 5. The van der Waals surface area contributed by atoms with Crippen LogP contribution in [0.3, 0.4) is 0 Å². The second-order valence-corrected chi connectivity index (χ2v) is 4.75. The zero-order valence-electron chi connectivity index (χ0n) is 11.0. The van der Waals surface area contributed by atoms with Gasteiger partial charge in [-0.15, -0.1) is 0 Å². The lowest BCUT2D eigenvalue weighted by atomic mass is 10.1. The number of nitro groups is 1. The van der Waals surface area contributed by atoms with Gasteiger partial charge in [-0.25, -0.2) is 4.98 Å². The van der Waals surface area contributed by atoms with Gasteiger partial charge >= 0.3 is 5.69 Å². The first kappa shape index (κ1) is 14.3. The third-order valence-corrected chi connectivity index (χ3v) is 3.20. The van der Waals surface area contributed by atoms with Gasteiger partial charge in [0.05, 0.1) is 4.92 Å². The Labute approximate surface area is 121 Å². The molecule has 0 radical (unpaired) electrons. The van der Waals surface area contributed by atoms with E-state index in [9.17, 15) is 10.1 Å². The van der Waals surface area contributed by atoms with Gasteiger partial charge in [-0.3, -0.25) is 10.1 Å². The van der Waals surface area contributed by atoms with Crippen LogP contribution in [0.2, 0.25) is 5.15 Å². The highest BCUT2D eigenvalue weighted by atomic mass is 35.5. The average molecular weight is 292 g/mol. The molecule has 0 amide bonds. The number of benzene rings is 1. The second-order valence-electron chi connectivity index (χ2n) is 4.36. The third kappa shape index (κ3) is 3.45. The van der Waals surface area contributed by atoms with Gasteiger partial charge in [0.15, 0.2) is 0 Å². The molecule has 0 saturated heterocycles. The van der Waals surface area contributed by atoms with E-state index in [0.717, 1.165) is 6.42 Å². The van der Waals surface area contributed by atoms with Crippen LogP contribution in [0.4, 0.5) is 11.5 Å². The molecule has 1 heterocycles. The van der Waals surface area contributed by atoms with Crippen LogP contribution in [0.1, 0.15) is 11.1 Å². The SMILES string of the molecule is Cc1ccccc1CCNc1nc(Cl)ccc1[N+](=O)[O-]. The molecule has 5 nitrogen and oxygen atoms in total. The maximum Gasteiger partial charge on any atom is 0.311 e. The summed E-state index contributed by atoms with van der Waals surface area (Å²) in [5, 5.41) is 14.1. The Morgan fingerprint density at radius 1 is 1.30 bits per heavy atom. The molecule has 2 rings (SSSR count). The molecule has 0 aliphatic carbocycles. The van der Waals surface area contributed by atoms with Crippen LogP contribution in [0.5, 0.6) is 0 Å². The highest BCUT2D eigenvalue weighted by Gasteiger charge is 2.15. The van der Waals surface area contributed by atoms with Crippen molar-refractivity contribution in [3.8, 4) is 0 Å². The van der Waals surface area contributed by atoms with Gasteiger partial charge in [0.2, 0.25) is 5.82 Å². The van der Waals surface area contributed by atoms with Crippen molar-refractivity contribution in [2.45, 2.75) is 13.3 Å².